The van der Waals surface area contributed by atoms with Crippen LogP contribution in [0.4, 0.5) is 0 Å². The fraction of sp³-hybridized carbons (Fsp3) is 0.833. The van der Waals surface area contributed by atoms with Gasteiger partial charge in [0.05, 0.1) is 17.9 Å². The Morgan fingerprint density at radius 3 is 2.47 bits per heavy atom. The molecule has 0 aromatic rings. The standard InChI is InChI=1S/C12H19NO4/c1-17-8-3-2-6-13(7-8)11(14)9-4-5-10(9)12(15)16/h8-10H,2-7H2,1H3,(H,15,16). The number of carboxylic acid groups (broad SMARTS) is 1. The predicted octanol–water partition coefficient (Wildman–Crippen LogP) is 0.735. The average Bonchev–Trinajstić information content (AvgIpc) is 2.26. The quantitative estimate of drug-likeness (QED) is 0.791. The molecule has 2 fully saturated rings. The molecule has 1 saturated carbocycles. The van der Waals surface area contributed by atoms with Crippen molar-refractivity contribution in [1.29, 1.82) is 0 Å². The molecule has 1 aliphatic heterocycles. The third-order valence-corrected chi connectivity index (χ3v) is 3.93. The van der Waals surface area contributed by atoms with E-state index < -0.39 is 11.9 Å². The van der Waals surface area contributed by atoms with Gasteiger partial charge < -0.3 is 14.7 Å². The molecule has 0 aromatic heterocycles. The van der Waals surface area contributed by atoms with Gasteiger partial charge in [-0.15, -0.1) is 0 Å². The zero-order valence-electron chi connectivity index (χ0n) is 10.1. The van der Waals surface area contributed by atoms with E-state index in [2.05, 4.69) is 0 Å². The van der Waals surface area contributed by atoms with Crippen LogP contribution in [0.1, 0.15) is 25.7 Å². The number of nitrogens with zero attached hydrogens (tertiary/aromatic N) is 1. The maximum atomic E-state index is 12.2. The third-order valence-electron chi connectivity index (χ3n) is 3.93. The van der Waals surface area contributed by atoms with Crippen molar-refractivity contribution < 1.29 is 19.4 Å². The van der Waals surface area contributed by atoms with Crippen molar-refractivity contribution in [3.05, 3.63) is 0 Å². The van der Waals surface area contributed by atoms with Crippen molar-refractivity contribution >= 4 is 11.9 Å². The van der Waals surface area contributed by atoms with E-state index in [9.17, 15) is 9.59 Å². The Bertz CT molecular complexity index is 318. The molecule has 0 aromatic carbocycles. The van der Waals surface area contributed by atoms with Crippen LogP contribution < -0.4 is 0 Å². The highest BCUT2D eigenvalue weighted by atomic mass is 16.5. The number of hydrogen-bond acceptors (Lipinski definition) is 3. The van der Waals surface area contributed by atoms with Gasteiger partial charge in [-0.25, -0.2) is 0 Å². The molecular weight excluding hydrogens is 222 g/mol. The molecule has 0 spiro atoms. The highest BCUT2D eigenvalue weighted by Gasteiger charge is 2.43. The summed E-state index contributed by atoms with van der Waals surface area (Å²) in [7, 11) is 1.65. The topological polar surface area (TPSA) is 66.8 Å². The minimum atomic E-state index is -0.838. The van der Waals surface area contributed by atoms with Gasteiger partial charge in [-0.2, -0.15) is 0 Å². The van der Waals surface area contributed by atoms with Gasteiger partial charge in [-0.1, -0.05) is 0 Å². The Kier molecular flexibility index (Phi) is 3.66. The number of hydrogen-bond donors (Lipinski definition) is 1. The van der Waals surface area contributed by atoms with Crippen LogP contribution in [0.3, 0.4) is 0 Å². The predicted molar refractivity (Wildman–Crippen MR) is 60.5 cm³/mol. The second kappa shape index (κ2) is 5.04. The fourth-order valence-corrected chi connectivity index (χ4v) is 2.66. The van der Waals surface area contributed by atoms with Gasteiger partial charge in [0.1, 0.15) is 0 Å². The molecule has 1 amide bonds. The molecule has 5 heteroatoms. The lowest BCUT2D eigenvalue weighted by molar-refractivity contribution is -0.158. The lowest BCUT2D eigenvalue weighted by Gasteiger charge is -2.39. The van der Waals surface area contributed by atoms with Crippen LogP contribution in [0.2, 0.25) is 0 Å². The summed E-state index contributed by atoms with van der Waals surface area (Å²) < 4.78 is 5.27. The Morgan fingerprint density at radius 2 is 1.94 bits per heavy atom. The molecule has 1 saturated heterocycles. The normalized spacial score (nSPS) is 33.0. The Hall–Kier alpha value is -1.10. The number of aliphatic carboxylic acids is 1. The number of carbonyl (C=O) groups is 2. The molecule has 3 unspecified atom stereocenters. The first-order chi connectivity index (χ1) is 8.13. The van der Waals surface area contributed by atoms with Gasteiger partial charge in [-0.05, 0) is 25.7 Å². The van der Waals surface area contributed by atoms with E-state index in [0.717, 1.165) is 19.4 Å². The van der Waals surface area contributed by atoms with Gasteiger partial charge >= 0.3 is 5.97 Å². The van der Waals surface area contributed by atoms with Crippen LogP contribution in [-0.4, -0.2) is 48.2 Å². The largest absolute Gasteiger partial charge is 0.481 e. The number of carboxylic acids is 1. The van der Waals surface area contributed by atoms with Crippen molar-refractivity contribution in [1.82, 2.24) is 4.90 Å². The highest BCUT2D eigenvalue weighted by molar-refractivity contribution is 5.86. The summed E-state index contributed by atoms with van der Waals surface area (Å²) in [4.78, 5) is 24.8. The third kappa shape index (κ3) is 2.44. The van der Waals surface area contributed by atoms with Gasteiger partial charge in [0.25, 0.3) is 0 Å². The number of rotatable bonds is 3. The molecule has 0 bridgehead atoms. The summed E-state index contributed by atoms with van der Waals surface area (Å²) >= 11 is 0. The summed E-state index contributed by atoms with van der Waals surface area (Å²) in [6, 6.07) is 0. The van der Waals surface area contributed by atoms with E-state index in [-0.39, 0.29) is 17.9 Å². The number of methoxy groups -OCH3 is 1. The van der Waals surface area contributed by atoms with E-state index >= 15 is 0 Å². The average molecular weight is 241 g/mol. The first-order valence-corrected chi connectivity index (χ1v) is 6.18. The smallest absolute Gasteiger partial charge is 0.307 e. The van der Waals surface area contributed by atoms with Crippen molar-refractivity contribution in [2.75, 3.05) is 20.2 Å². The fourth-order valence-electron chi connectivity index (χ4n) is 2.66. The first-order valence-electron chi connectivity index (χ1n) is 6.18. The molecule has 1 heterocycles. The zero-order valence-corrected chi connectivity index (χ0v) is 10.1. The number of amides is 1. The van der Waals surface area contributed by atoms with Crippen molar-refractivity contribution in [2.24, 2.45) is 11.8 Å². The minimum Gasteiger partial charge on any atom is -0.481 e. The molecular formula is C12H19NO4. The van der Waals surface area contributed by atoms with E-state index in [1.807, 2.05) is 0 Å². The maximum absolute atomic E-state index is 12.2. The van der Waals surface area contributed by atoms with Crippen LogP contribution >= 0.6 is 0 Å². The molecule has 2 rings (SSSR count). The second-order valence-corrected chi connectivity index (χ2v) is 4.91. The number of carbonyl (C=O) groups excluding carboxylic acids is 1. The van der Waals surface area contributed by atoms with Crippen molar-refractivity contribution in [3.8, 4) is 0 Å². The zero-order chi connectivity index (χ0) is 12.4. The van der Waals surface area contributed by atoms with Crippen molar-refractivity contribution in [3.63, 3.8) is 0 Å². The van der Waals surface area contributed by atoms with E-state index in [0.29, 0.717) is 19.4 Å². The first kappa shape index (κ1) is 12.4. The SMILES string of the molecule is COC1CCCN(C(=O)C2CCC2C(=O)O)C1. The summed E-state index contributed by atoms with van der Waals surface area (Å²) in [5.41, 5.74) is 0. The Balaban J connectivity index is 1.93. The van der Waals surface area contributed by atoms with Gasteiger partial charge in [0.15, 0.2) is 0 Å². The van der Waals surface area contributed by atoms with E-state index in [1.165, 1.54) is 0 Å². The molecule has 1 N–H and O–H groups in total. The van der Waals surface area contributed by atoms with Crippen LogP contribution in [0.15, 0.2) is 0 Å². The van der Waals surface area contributed by atoms with E-state index in [4.69, 9.17) is 9.84 Å². The van der Waals surface area contributed by atoms with Crippen LogP contribution in [0.25, 0.3) is 0 Å². The van der Waals surface area contributed by atoms with E-state index in [1.54, 1.807) is 12.0 Å². The number of piperidine rings is 1. The molecule has 1 aliphatic carbocycles. The monoisotopic (exact) mass is 241 g/mol. The van der Waals surface area contributed by atoms with Gasteiger partial charge in [0, 0.05) is 20.2 Å². The lowest BCUT2D eigenvalue weighted by atomic mass is 9.72. The minimum absolute atomic E-state index is 0.00500. The number of ether oxygens (including phenoxy) is 1. The summed E-state index contributed by atoms with van der Waals surface area (Å²) in [6.45, 7) is 1.35. The molecule has 2 aliphatic rings. The lowest BCUT2D eigenvalue weighted by Crippen LogP contribution is -2.50. The van der Waals surface area contributed by atoms with Crippen LogP contribution in [0.5, 0.6) is 0 Å². The number of likely N-dealkylation sites (tertiary alicyclic amines) is 1. The molecule has 0 radical (unpaired) electrons. The molecule has 96 valence electrons. The molecule has 5 nitrogen and oxygen atoms in total. The van der Waals surface area contributed by atoms with Crippen LogP contribution in [0, 0.1) is 11.8 Å². The Morgan fingerprint density at radius 1 is 1.24 bits per heavy atom. The van der Waals surface area contributed by atoms with Gasteiger partial charge in [0.2, 0.25) is 5.91 Å². The summed E-state index contributed by atoms with van der Waals surface area (Å²) in [5, 5.41) is 8.95. The second-order valence-electron chi connectivity index (χ2n) is 4.91. The summed E-state index contributed by atoms with van der Waals surface area (Å²) in [6.07, 6.45) is 3.37. The van der Waals surface area contributed by atoms with Crippen molar-refractivity contribution in [2.45, 2.75) is 31.8 Å². The Labute approximate surface area is 101 Å². The summed E-state index contributed by atoms with van der Waals surface area (Å²) in [5.74, 6) is -1.60. The highest BCUT2D eigenvalue weighted by Crippen LogP contribution is 2.36. The molecule has 3 atom stereocenters. The molecule has 17 heavy (non-hydrogen) atoms. The van der Waals surface area contributed by atoms with Gasteiger partial charge in [-0.3, -0.25) is 9.59 Å². The maximum Gasteiger partial charge on any atom is 0.307 e. The van der Waals surface area contributed by atoms with Crippen LogP contribution in [-0.2, 0) is 14.3 Å².